The molecule has 4 nitrogen and oxygen atoms in total. The van der Waals surface area contributed by atoms with Crippen LogP contribution in [0.2, 0.25) is 0 Å². The van der Waals surface area contributed by atoms with Gasteiger partial charge in [-0.15, -0.1) is 0 Å². The monoisotopic (exact) mass is 260 g/mol. The molecular weight excluding hydrogens is 240 g/mol. The zero-order valence-electron chi connectivity index (χ0n) is 12.2. The van der Waals surface area contributed by atoms with Crippen LogP contribution in [0.15, 0.2) is 12.1 Å². The highest BCUT2D eigenvalue weighted by atomic mass is 16.5. The fourth-order valence-electron chi connectivity index (χ4n) is 2.03. The number of nitrogens with zero attached hydrogens (tertiary/aromatic N) is 2. The van der Waals surface area contributed by atoms with Crippen molar-refractivity contribution >= 4 is 11.6 Å². The van der Waals surface area contributed by atoms with E-state index in [0.717, 1.165) is 22.6 Å². The molecule has 1 atom stereocenters. The van der Waals surface area contributed by atoms with Crippen molar-refractivity contribution in [3.63, 3.8) is 0 Å². The highest BCUT2D eigenvalue weighted by molar-refractivity contribution is 5.96. The number of ether oxygens (including phenoxy) is 1. The number of anilines is 1. The van der Waals surface area contributed by atoms with Gasteiger partial charge in [0.15, 0.2) is 0 Å². The van der Waals surface area contributed by atoms with Crippen molar-refractivity contribution in [2.24, 2.45) is 5.92 Å². The molecule has 0 aliphatic carbocycles. The maximum atomic E-state index is 12.2. The first kappa shape index (κ1) is 15.0. The second-order valence-electron chi connectivity index (χ2n) is 4.60. The number of hydrogen-bond acceptors (Lipinski definition) is 3. The van der Waals surface area contributed by atoms with Gasteiger partial charge in [-0.25, -0.2) is 0 Å². The van der Waals surface area contributed by atoms with Crippen LogP contribution in [0, 0.1) is 31.1 Å². The minimum Gasteiger partial charge on any atom is -0.496 e. The molecule has 0 aliphatic rings. The molecule has 1 aromatic carbocycles. The average molecular weight is 260 g/mol. The second-order valence-corrected chi connectivity index (χ2v) is 4.60. The van der Waals surface area contributed by atoms with Crippen molar-refractivity contribution < 1.29 is 9.53 Å². The van der Waals surface area contributed by atoms with E-state index in [4.69, 9.17) is 10.00 Å². The molecule has 1 aromatic rings. The predicted molar refractivity (Wildman–Crippen MR) is 75.3 cm³/mol. The van der Waals surface area contributed by atoms with E-state index in [1.807, 2.05) is 39.0 Å². The quantitative estimate of drug-likeness (QED) is 0.836. The Hall–Kier alpha value is -2.02. The van der Waals surface area contributed by atoms with Crippen molar-refractivity contribution in [2.75, 3.05) is 19.1 Å². The van der Waals surface area contributed by atoms with Gasteiger partial charge in [0, 0.05) is 12.7 Å². The molecule has 0 aliphatic heterocycles. The van der Waals surface area contributed by atoms with Gasteiger partial charge in [0.25, 0.3) is 0 Å². The van der Waals surface area contributed by atoms with Crippen LogP contribution in [0.1, 0.15) is 24.5 Å². The number of rotatable bonds is 4. The summed E-state index contributed by atoms with van der Waals surface area (Å²) < 4.78 is 5.26. The normalized spacial score (nSPS) is 11.6. The van der Waals surface area contributed by atoms with Gasteiger partial charge in [0.05, 0.1) is 13.2 Å². The van der Waals surface area contributed by atoms with E-state index in [-0.39, 0.29) is 5.91 Å². The molecule has 0 radical (unpaired) electrons. The minimum absolute atomic E-state index is 0.169. The molecular formula is C15H20N2O2. The summed E-state index contributed by atoms with van der Waals surface area (Å²) in [4.78, 5) is 13.8. The summed E-state index contributed by atoms with van der Waals surface area (Å²) in [6.45, 7) is 5.70. The predicted octanol–water partition coefficient (Wildman–Crippen LogP) is 2.82. The van der Waals surface area contributed by atoms with Crippen molar-refractivity contribution in [3.05, 3.63) is 23.3 Å². The van der Waals surface area contributed by atoms with Crippen LogP contribution in [0.3, 0.4) is 0 Å². The number of amides is 1. The fourth-order valence-corrected chi connectivity index (χ4v) is 2.03. The van der Waals surface area contributed by atoms with Gasteiger partial charge in [-0.2, -0.15) is 5.26 Å². The number of carbonyl (C=O) groups is 1. The molecule has 0 saturated heterocycles. The smallest absolute Gasteiger partial charge is 0.244 e. The van der Waals surface area contributed by atoms with Gasteiger partial charge in [-0.1, -0.05) is 6.92 Å². The number of aryl methyl sites for hydroxylation is 2. The molecule has 1 rings (SSSR count). The number of benzene rings is 1. The van der Waals surface area contributed by atoms with Crippen LogP contribution in [0.5, 0.6) is 5.75 Å². The lowest BCUT2D eigenvalue weighted by atomic mass is 10.0. The Balaban J connectivity index is 3.14. The molecule has 0 heterocycles. The van der Waals surface area contributed by atoms with Crippen molar-refractivity contribution in [1.82, 2.24) is 0 Å². The maximum Gasteiger partial charge on any atom is 0.244 e. The zero-order valence-corrected chi connectivity index (χ0v) is 12.2. The molecule has 1 amide bonds. The molecule has 19 heavy (non-hydrogen) atoms. The summed E-state index contributed by atoms with van der Waals surface area (Å²) in [6, 6.07) is 5.86. The van der Waals surface area contributed by atoms with E-state index in [1.165, 1.54) is 0 Å². The Bertz CT molecular complexity index is 518. The van der Waals surface area contributed by atoms with Gasteiger partial charge >= 0.3 is 0 Å². The second kappa shape index (κ2) is 6.24. The summed E-state index contributed by atoms with van der Waals surface area (Å²) in [6.07, 6.45) is 0.522. The first-order valence-electron chi connectivity index (χ1n) is 6.28. The van der Waals surface area contributed by atoms with Crippen molar-refractivity contribution in [1.29, 1.82) is 5.26 Å². The first-order chi connectivity index (χ1) is 8.96. The summed E-state index contributed by atoms with van der Waals surface area (Å²) in [5.74, 6) is 0.0406. The van der Waals surface area contributed by atoms with E-state index in [9.17, 15) is 4.79 Å². The molecule has 0 N–H and O–H groups in total. The average Bonchev–Trinajstić information content (AvgIpc) is 2.41. The molecule has 1 unspecified atom stereocenters. The van der Waals surface area contributed by atoms with Gasteiger partial charge in [0.2, 0.25) is 5.91 Å². The molecule has 4 heteroatoms. The number of hydrogen-bond donors (Lipinski definition) is 0. The third kappa shape index (κ3) is 3.05. The standard InChI is InChI=1S/C15H20N2O2/c1-6-12(9-16)15(18)17(4)13-7-11(3)14(19-5)8-10(13)2/h7-8,12H,6H2,1-5H3. The number of carbonyl (C=O) groups excluding carboxylic acids is 1. The van der Waals surface area contributed by atoms with Gasteiger partial charge in [-0.05, 0) is 43.5 Å². The highest BCUT2D eigenvalue weighted by Gasteiger charge is 2.22. The summed E-state index contributed by atoms with van der Waals surface area (Å²) in [7, 11) is 3.33. The number of methoxy groups -OCH3 is 1. The summed E-state index contributed by atoms with van der Waals surface area (Å²) in [5.41, 5.74) is 2.73. The van der Waals surface area contributed by atoms with Crippen LogP contribution in [-0.4, -0.2) is 20.1 Å². The minimum atomic E-state index is -0.591. The third-order valence-electron chi connectivity index (χ3n) is 3.27. The Morgan fingerprint density at radius 3 is 2.53 bits per heavy atom. The van der Waals surface area contributed by atoms with E-state index in [0.29, 0.717) is 6.42 Å². The molecule has 102 valence electrons. The molecule has 0 spiro atoms. The summed E-state index contributed by atoms with van der Waals surface area (Å²) >= 11 is 0. The van der Waals surface area contributed by atoms with Gasteiger partial charge in [-0.3, -0.25) is 4.79 Å². The molecule has 0 bridgehead atoms. The summed E-state index contributed by atoms with van der Waals surface area (Å²) in [5, 5.41) is 8.98. The van der Waals surface area contributed by atoms with Gasteiger partial charge < -0.3 is 9.64 Å². The van der Waals surface area contributed by atoms with E-state index in [2.05, 4.69) is 0 Å². The van der Waals surface area contributed by atoms with Crippen molar-refractivity contribution in [2.45, 2.75) is 27.2 Å². The zero-order chi connectivity index (χ0) is 14.6. The van der Waals surface area contributed by atoms with Crippen molar-refractivity contribution in [3.8, 4) is 11.8 Å². The SMILES string of the molecule is CCC(C#N)C(=O)N(C)c1cc(C)c(OC)cc1C. The Morgan fingerprint density at radius 2 is 2.05 bits per heavy atom. The maximum absolute atomic E-state index is 12.2. The topological polar surface area (TPSA) is 53.3 Å². The van der Waals surface area contributed by atoms with Crippen LogP contribution in [0.4, 0.5) is 5.69 Å². The van der Waals surface area contributed by atoms with Crippen LogP contribution in [0.25, 0.3) is 0 Å². The fraction of sp³-hybridized carbons (Fsp3) is 0.467. The molecule has 0 fully saturated rings. The van der Waals surface area contributed by atoms with E-state index >= 15 is 0 Å². The lowest BCUT2D eigenvalue weighted by Crippen LogP contribution is -2.32. The highest BCUT2D eigenvalue weighted by Crippen LogP contribution is 2.29. The Labute approximate surface area is 114 Å². The molecule has 0 aromatic heterocycles. The van der Waals surface area contributed by atoms with Gasteiger partial charge in [0.1, 0.15) is 11.7 Å². The Morgan fingerprint density at radius 1 is 1.42 bits per heavy atom. The van der Waals surface area contributed by atoms with Crippen LogP contribution in [-0.2, 0) is 4.79 Å². The number of nitriles is 1. The first-order valence-corrected chi connectivity index (χ1v) is 6.28. The largest absolute Gasteiger partial charge is 0.496 e. The lowest BCUT2D eigenvalue weighted by Gasteiger charge is -2.22. The van der Waals surface area contributed by atoms with E-state index < -0.39 is 5.92 Å². The Kier molecular flexibility index (Phi) is 4.94. The molecule has 0 saturated carbocycles. The third-order valence-corrected chi connectivity index (χ3v) is 3.27. The van der Waals surface area contributed by atoms with Crippen LogP contribution < -0.4 is 9.64 Å². The lowest BCUT2D eigenvalue weighted by molar-refractivity contribution is -0.120. The van der Waals surface area contributed by atoms with Crippen LogP contribution >= 0.6 is 0 Å². The van der Waals surface area contributed by atoms with E-state index in [1.54, 1.807) is 19.1 Å².